The first-order valence-electron chi connectivity index (χ1n) is 6.59. The first kappa shape index (κ1) is 14.8. The minimum absolute atomic E-state index is 0.491. The zero-order valence-corrected chi connectivity index (χ0v) is 13.1. The summed E-state index contributed by atoms with van der Waals surface area (Å²) in [4.78, 5) is 15.9. The Bertz CT molecular complexity index is 639. The Morgan fingerprint density at radius 3 is 2.60 bits per heavy atom. The highest BCUT2D eigenvalue weighted by Crippen LogP contribution is 2.30. The quantitative estimate of drug-likeness (QED) is 0.864. The molecule has 0 saturated carbocycles. The van der Waals surface area contributed by atoms with Crippen LogP contribution in [0.1, 0.15) is 26.7 Å². The van der Waals surface area contributed by atoms with Crippen molar-refractivity contribution >= 4 is 38.5 Å². The highest BCUT2D eigenvalue weighted by atomic mass is 79.9. The number of carboxylic acids is 1. The molecule has 1 aromatic heterocycles. The largest absolute Gasteiger partial charge is 0.480 e. The van der Waals surface area contributed by atoms with Gasteiger partial charge in [0.15, 0.2) is 0 Å². The van der Waals surface area contributed by atoms with Crippen LogP contribution in [-0.2, 0) is 4.79 Å². The third kappa shape index (κ3) is 2.50. The highest BCUT2D eigenvalue weighted by Gasteiger charge is 2.35. The Kier molecular flexibility index (Phi) is 4.28. The van der Waals surface area contributed by atoms with Crippen LogP contribution in [0.5, 0.6) is 0 Å². The molecule has 0 saturated heterocycles. The average molecular weight is 337 g/mol. The van der Waals surface area contributed by atoms with E-state index in [0.717, 1.165) is 15.2 Å². The van der Waals surface area contributed by atoms with Crippen molar-refractivity contribution in [2.24, 2.45) is 0 Å². The standard InChI is InChI=1S/C15H17BrN2O2/c1-3-15(4-2,14(19)20)18-13-11-6-5-7-12(16)10(11)8-9-17-13/h5-9H,3-4H2,1-2H3,(H,17,18)(H,19,20). The van der Waals surface area contributed by atoms with Gasteiger partial charge in [0.1, 0.15) is 11.4 Å². The van der Waals surface area contributed by atoms with E-state index in [0.29, 0.717) is 18.7 Å². The second kappa shape index (κ2) is 5.79. The molecule has 20 heavy (non-hydrogen) atoms. The van der Waals surface area contributed by atoms with Crippen molar-refractivity contribution in [3.05, 3.63) is 34.9 Å². The summed E-state index contributed by atoms with van der Waals surface area (Å²) < 4.78 is 0.967. The van der Waals surface area contributed by atoms with Gasteiger partial charge in [-0.05, 0) is 25.0 Å². The number of nitrogens with one attached hydrogen (secondary N) is 1. The van der Waals surface area contributed by atoms with Crippen LogP contribution in [-0.4, -0.2) is 21.6 Å². The van der Waals surface area contributed by atoms with Crippen molar-refractivity contribution < 1.29 is 9.90 Å². The van der Waals surface area contributed by atoms with E-state index >= 15 is 0 Å². The van der Waals surface area contributed by atoms with E-state index in [2.05, 4.69) is 26.2 Å². The van der Waals surface area contributed by atoms with E-state index in [1.54, 1.807) is 6.20 Å². The molecule has 0 aliphatic carbocycles. The van der Waals surface area contributed by atoms with Crippen molar-refractivity contribution in [2.45, 2.75) is 32.2 Å². The number of rotatable bonds is 5. The van der Waals surface area contributed by atoms with Gasteiger partial charge in [-0.1, -0.05) is 41.9 Å². The summed E-state index contributed by atoms with van der Waals surface area (Å²) in [7, 11) is 0. The van der Waals surface area contributed by atoms with Crippen molar-refractivity contribution in [3.8, 4) is 0 Å². The van der Waals surface area contributed by atoms with Crippen LogP contribution in [0.25, 0.3) is 10.8 Å². The van der Waals surface area contributed by atoms with Gasteiger partial charge in [-0.25, -0.2) is 9.78 Å². The molecule has 1 heterocycles. The van der Waals surface area contributed by atoms with E-state index in [1.165, 1.54) is 0 Å². The molecule has 0 aliphatic heterocycles. The monoisotopic (exact) mass is 336 g/mol. The number of nitrogens with zero attached hydrogens (tertiary/aromatic N) is 1. The van der Waals surface area contributed by atoms with E-state index in [4.69, 9.17) is 0 Å². The number of hydrogen-bond donors (Lipinski definition) is 2. The Morgan fingerprint density at radius 2 is 2.00 bits per heavy atom. The van der Waals surface area contributed by atoms with Crippen LogP contribution in [0.4, 0.5) is 5.82 Å². The maximum Gasteiger partial charge on any atom is 0.329 e. The van der Waals surface area contributed by atoms with Gasteiger partial charge in [0.25, 0.3) is 0 Å². The summed E-state index contributed by atoms with van der Waals surface area (Å²) in [5.41, 5.74) is -0.983. The molecular formula is C15H17BrN2O2. The smallest absolute Gasteiger partial charge is 0.329 e. The summed E-state index contributed by atoms with van der Waals surface area (Å²) in [6.07, 6.45) is 2.67. The average Bonchev–Trinajstić information content (AvgIpc) is 2.45. The van der Waals surface area contributed by atoms with Crippen LogP contribution in [0.2, 0.25) is 0 Å². The van der Waals surface area contributed by atoms with Gasteiger partial charge in [-0.3, -0.25) is 0 Å². The van der Waals surface area contributed by atoms with Gasteiger partial charge in [-0.15, -0.1) is 0 Å². The van der Waals surface area contributed by atoms with Crippen LogP contribution in [0.15, 0.2) is 34.9 Å². The molecule has 0 aliphatic rings. The first-order chi connectivity index (χ1) is 9.54. The highest BCUT2D eigenvalue weighted by molar-refractivity contribution is 9.10. The third-order valence-electron chi connectivity index (χ3n) is 3.73. The fourth-order valence-corrected chi connectivity index (χ4v) is 2.78. The van der Waals surface area contributed by atoms with Gasteiger partial charge in [0.05, 0.1) is 0 Å². The summed E-state index contributed by atoms with van der Waals surface area (Å²) in [6, 6.07) is 7.72. The zero-order chi connectivity index (χ0) is 14.8. The molecule has 2 N–H and O–H groups in total. The Balaban J connectivity index is 2.54. The number of aromatic nitrogens is 1. The van der Waals surface area contributed by atoms with Crippen LogP contribution in [0, 0.1) is 0 Å². The second-order valence-electron chi connectivity index (χ2n) is 4.71. The molecule has 0 fully saturated rings. The fraction of sp³-hybridized carbons (Fsp3) is 0.333. The fourth-order valence-electron chi connectivity index (χ4n) is 2.28. The topological polar surface area (TPSA) is 62.2 Å². The second-order valence-corrected chi connectivity index (χ2v) is 5.57. The number of fused-ring (bicyclic) bond motifs is 1. The number of carboxylic acid groups (broad SMARTS) is 1. The van der Waals surface area contributed by atoms with Gasteiger partial charge >= 0.3 is 5.97 Å². The summed E-state index contributed by atoms with van der Waals surface area (Å²) in [6.45, 7) is 3.73. The third-order valence-corrected chi connectivity index (χ3v) is 4.42. The predicted molar refractivity (Wildman–Crippen MR) is 84.0 cm³/mol. The molecule has 2 rings (SSSR count). The number of aliphatic carboxylic acids is 1. The summed E-state index contributed by atoms with van der Waals surface area (Å²) in [5, 5.41) is 14.6. The molecule has 106 valence electrons. The number of hydrogen-bond acceptors (Lipinski definition) is 3. The number of anilines is 1. The van der Waals surface area contributed by atoms with E-state index in [9.17, 15) is 9.90 Å². The van der Waals surface area contributed by atoms with Crippen molar-refractivity contribution in [2.75, 3.05) is 5.32 Å². The minimum atomic E-state index is -0.983. The molecule has 2 aromatic rings. The van der Waals surface area contributed by atoms with Gasteiger partial charge in [0.2, 0.25) is 0 Å². The van der Waals surface area contributed by atoms with Crippen molar-refractivity contribution in [1.29, 1.82) is 0 Å². The minimum Gasteiger partial charge on any atom is -0.480 e. The van der Waals surface area contributed by atoms with Crippen molar-refractivity contribution in [3.63, 3.8) is 0 Å². The van der Waals surface area contributed by atoms with Gasteiger partial charge in [-0.2, -0.15) is 0 Å². The Hall–Kier alpha value is -1.62. The lowest BCUT2D eigenvalue weighted by Crippen LogP contribution is -2.45. The van der Waals surface area contributed by atoms with Crippen LogP contribution >= 0.6 is 15.9 Å². The molecule has 0 bridgehead atoms. The SMILES string of the molecule is CCC(CC)(Nc1nccc2c(Br)cccc12)C(=O)O. The van der Waals surface area contributed by atoms with Crippen molar-refractivity contribution in [1.82, 2.24) is 4.98 Å². The molecule has 4 nitrogen and oxygen atoms in total. The molecule has 0 amide bonds. The molecule has 0 unspecified atom stereocenters. The summed E-state index contributed by atoms with van der Waals surface area (Å²) >= 11 is 3.50. The number of halogens is 1. The van der Waals surface area contributed by atoms with E-state index in [-0.39, 0.29) is 0 Å². The van der Waals surface area contributed by atoms with Crippen LogP contribution in [0.3, 0.4) is 0 Å². The Labute approximate surface area is 126 Å². The first-order valence-corrected chi connectivity index (χ1v) is 7.38. The molecular weight excluding hydrogens is 320 g/mol. The van der Waals surface area contributed by atoms with E-state index in [1.807, 2.05) is 38.1 Å². The maximum absolute atomic E-state index is 11.6. The van der Waals surface area contributed by atoms with Gasteiger partial charge < -0.3 is 10.4 Å². The number of pyridine rings is 1. The van der Waals surface area contributed by atoms with Crippen LogP contribution < -0.4 is 5.32 Å². The predicted octanol–water partition coefficient (Wildman–Crippen LogP) is 4.05. The molecule has 1 aromatic carbocycles. The molecule has 0 spiro atoms. The number of benzene rings is 1. The number of carbonyl (C=O) groups is 1. The zero-order valence-electron chi connectivity index (χ0n) is 11.5. The maximum atomic E-state index is 11.6. The Morgan fingerprint density at radius 1 is 1.30 bits per heavy atom. The van der Waals surface area contributed by atoms with E-state index < -0.39 is 11.5 Å². The van der Waals surface area contributed by atoms with Gasteiger partial charge in [0, 0.05) is 21.4 Å². The normalized spacial score (nSPS) is 11.6. The lowest BCUT2D eigenvalue weighted by Gasteiger charge is -2.29. The molecule has 0 radical (unpaired) electrons. The summed E-state index contributed by atoms with van der Waals surface area (Å²) in [5.74, 6) is -0.244. The lowest BCUT2D eigenvalue weighted by atomic mass is 9.92. The molecule has 0 atom stereocenters. The molecule has 5 heteroatoms. The lowest BCUT2D eigenvalue weighted by molar-refractivity contribution is -0.142.